The summed E-state index contributed by atoms with van der Waals surface area (Å²) in [6.45, 7) is 0. The number of nitrogens with two attached hydrogens (primary N) is 2. The van der Waals surface area contributed by atoms with Crippen LogP contribution in [0, 0.1) is 0 Å². The Morgan fingerprint density at radius 2 is 1.31 bits per heavy atom. The summed E-state index contributed by atoms with van der Waals surface area (Å²) in [5.74, 6) is 0.467. The van der Waals surface area contributed by atoms with Crippen molar-refractivity contribution in [2.45, 2.75) is 0 Å². The number of phenols is 2. The van der Waals surface area contributed by atoms with Crippen LogP contribution in [0.5, 0.6) is 11.5 Å². The van der Waals surface area contributed by atoms with Crippen LogP contribution in [0.25, 0.3) is 21.5 Å². The maximum absolute atomic E-state index is 9.35. The molecule has 0 aliphatic carbocycles. The van der Waals surface area contributed by atoms with Gasteiger partial charge in [-0.1, -0.05) is 34.1 Å². The number of aromatic hydroxyl groups is 2. The SMILES string of the molecule is Nc1c(Br)cc(Br)c2ccc(O)cc12.Nc1cccc2ccc(O)cc12. The molecule has 26 heavy (non-hydrogen) atoms. The normalized spacial score (nSPS) is 10.5. The highest BCUT2D eigenvalue weighted by Crippen LogP contribution is 2.36. The third-order valence-corrected chi connectivity index (χ3v) is 5.27. The monoisotopic (exact) mass is 474 g/mol. The first-order valence-electron chi connectivity index (χ1n) is 7.70. The average Bonchev–Trinajstić information content (AvgIpc) is 2.61. The van der Waals surface area contributed by atoms with Gasteiger partial charge in [0.1, 0.15) is 11.5 Å². The van der Waals surface area contributed by atoms with Crippen LogP contribution in [0.4, 0.5) is 11.4 Å². The summed E-state index contributed by atoms with van der Waals surface area (Å²) in [6.07, 6.45) is 0. The predicted molar refractivity (Wildman–Crippen MR) is 115 cm³/mol. The highest BCUT2D eigenvalue weighted by atomic mass is 79.9. The van der Waals surface area contributed by atoms with Gasteiger partial charge in [0, 0.05) is 25.4 Å². The van der Waals surface area contributed by atoms with Gasteiger partial charge in [-0.15, -0.1) is 0 Å². The molecule has 0 aromatic heterocycles. The number of fused-ring (bicyclic) bond motifs is 2. The Labute approximate surface area is 167 Å². The van der Waals surface area contributed by atoms with Gasteiger partial charge in [-0.3, -0.25) is 0 Å². The summed E-state index contributed by atoms with van der Waals surface area (Å²) in [4.78, 5) is 0. The van der Waals surface area contributed by atoms with E-state index in [0.29, 0.717) is 11.4 Å². The van der Waals surface area contributed by atoms with E-state index in [-0.39, 0.29) is 11.5 Å². The molecule has 0 atom stereocenters. The van der Waals surface area contributed by atoms with Crippen LogP contribution in [0.2, 0.25) is 0 Å². The van der Waals surface area contributed by atoms with Gasteiger partial charge >= 0.3 is 0 Å². The van der Waals surface area contributed by atoms with Gasteiger partial charge in [-0.2, -0.15) is 0 Å². The second kappa shape index (κ2) is 7.43. The second-order valence-electron chi connectivity index (χ2n) is 5.74. The molecular weight excluding hydrogens is 460 g/mol. The van der Waals surface area contributed by atoms with E-state index in [1.807, 2.05) is 36.4 Å². The number of benzene rings is 4. The first-order chi connectivity index (χ1) is 12.4. The first-order valence-corrected chi connectivity index (χ1v) is 9.29. The lowest BCUT2D eigenvalue weighted by molar-refractivity contribution is 0.475. The fourth-order valence-corrected chi connectivity index (χ4v) is 3.97. The van der Waals surface area contributed by atoms with Crippen molar-refractivity contribution in [2.75, 3.05) is 11.5 Å². The van der Waals surface area contributed by atoms with Crippen LogP contribution in [-0.2, 0) is 0 Å². The molecule has 4 rings (SSSR count). The summed E-state index contributed by atoms with van der Waals surface area (Å²) in [5.41, 5.74) is 12.9. The minimum atomic E-state index is 0.217. The number of nitrogen functional groups attached to an aromatic ring is 2. The third kappa shape index (κ3) is 3.71. The van der Waals surface area contributed by atoms with Crippen molar-refractivity contribution < 1.29 is 10.2 Å². The molecule has 4 nitrogen and oxygen atoms in total. The standard InChI is InChI=1S/C10H7Br2NO.C10H9NO/c11-8-4-9(12)10(13)7-3-5(14)1-2-6(7)8;11-10-3-1-2-7-4-5-8(12)6-9(7)10/h1-4,14H,13H2;1-6,12H,11H2. The van der Waals surface area contributed by atoms with Crippen LogP contribution in [0.3, 0.4) is 0 Å². The smallest absolute Gasteiger partial charge is 0.116 e. The molecular formula is C20H16Br2N2O2. The molecule has 0 unspecified atom stereocenters. The molecule has 0 fully saturated rings. The van der Waals surface area contributed by atoms with E-state index in [1.165, 1.54) is 0 Å². The lowest BCUT2D eigenvalue weighted by Crippen LogP contribution is -1.89. The van der Waals surface area contributed by atoms with Crippen molar-refractivity contribution in [1.29, 1.82) is 0 Å². The largest absolute Gasteiger partial charge is 0.508 e. The Balaban J connectivity index is 0.000000152. The number of hydrogen-bond donors (Lipinski definition) is 4. The van der Waals surface area contributed by atoms with E-state index < -0.39 is 0 Å². The van der Waals surface area contributed by atoms with Gasteiger partial charge in [0.05, 0.1) is 5.69 Å². The molecule has 0 bridgehead atoms. The van der Waals surface area contributed by atoms with Crippen molar-refractivity contribution >= 4 is 64.8 Å². The molecule has 0 aliphatic heterocycles. The van der Waals surface area contributed by atoms with Crippen molar-refractivity contribution in [3.8, 4) is 11.5 Å². The predicted octanol–water partition coefficient (Wildman–Crippen LogP) is 5.78. The Morgan fingerprint density at radius 3 is 2.04 bits per heavy atom. The summed E-state index contributed by atoms with van der Waals surface area (Å²) in [5, 5.41) is 22.3. The number of hydrogen-bond acceptors (Lipinski definition) is 4. The Morgan fingerprint density at radius 1 is 0.654 bits per heavy atom. The molecule has 0 amide bonds. The molecule has 0 aliphatic rings. The van der Waals surface area contributed by atoms with E-state index >= 15 is 0 Å². The first kappa shape index (κ1) is 18.4. The number of halogens is 2. The molecule has 0 saturated carbocycles. The van der Waals surface area contributed by atoms with E-state index in [4.69, 9.17) is 11.5 Å². The average molecular weight is 476 g/mol. The summed E-state index contributed by atoms with van der Waals surface area (Å²) < 4.78 is 1.77. The number of phenolic OH excluding ortho intramolecular Hbond substituents is 2. The molecule has 0 heterocycles. The molecule has 6 heteroatoms. The lowest BCUT2D eigenvalue weighted by Gasteiger charge is -2.07. The highest BCUT2D eigenvalue weighted by molar-refractivity contribution is 9.11. The van der Waals surface area contributed by atoms with Crippen LogP contribution in [0.1, 0.15) is 0 Å². The van der Waals surface area contributed by atoms with Gasteiger partial charge in [-0.05, 0) is 69.2 Å². The number of anilines is 2. The zero-order chi connectivity index (χ0) is 18.8. The fourth-order valence-electron chi connectivity index (χ4n) is 2.64. The van der Waals surface area contributed by atoms with E-state index in [0.717, 1.165) is 30.5 Å². The topological polar surface area (TPSA) is 92.5 Å². The molecule has 0 saturated heterocycles. The van der Waals surface area contributed by atoms with Crippen molar-refractivity contribution in [3.63, 3.8) is 0 Å². The minimum absolute atomic E-state index is 0.217. The van der Waals surface area contributed by atoms with Gasteiger partial charge in [0.25, 0.3) is 0 Å². The molecule has 4 aromatic rings. The highest BCUT2D eigenvalue weighted by Gasteiger charge is 2.07. The Kier molecular flexibility index (Phi) is 5.25. The van der Waals surface area contributed by atoms with Crippen LogP contribution in [-0.4, -0.2) is 10.2 Å². The maximum atomic E-state index is 9.35. The number of rotatable bonds is 0. The van der Waals surface area contributed by atoms with Crippen molar-refractivity contribution in [1.82, 2.24) is 0 Å². The molecule has 4 aromatic carbocycles. The third-order valence-electron chi connectivity index (χ3n) is 3.96. The summed E-state index contributed by atoms with van der Waals surface area (Å²) in [6, 6.07) is 17.9. The molecule has 132 valence electrons. The van der Waals surface area contributed by atoms with Gasteiger partial charge in [0.2, 0.25) is 0 Å². The second-order valence-corrected chi connectivity index (χ2v) is 7.45. The van der Waals surface area contributed by atoms with E-state index in [1.54, 1.807) is 24.3 Å². The summed E-state index contributed by atoms with van der Waals surface area (Å²) >= 11 is 6.79. The zero-order valence-corrected chi connectivity index (χ0v) is 16.8. The van der Waals surface area contributed by atoms with Crippen molar-refractivity contribution in [2.24, 2.45) is 0 Å². The van der Waals surface area contributed by atoms with Crippen LogP contribution < -0.4 is 11.5 Å². The molecule has 6 N–H and O–H groups in total. The quantitative estimate of drug-likeness (QED) is 0.242. The summed E-state index contributed by atoms with van der Waals surface area (Å²) in [7, 11) is 0. The Hall–Kier alpha value is -2.44. The fraction of sp³-hybridized carbons (Fsp3) is 0. The van der Waals surface area contributed by atoms with E-state index in [2.05, 4.69) is 31.9 Å². The maximum Gasteiger partial charge on any atom is 0.116 e. The zero-order valence-electron chi connectivity index (χ0n) is 13.6. The van der Waals surface area contributed by atoms with Gasteiger partial charge in [0.15, 0.2) is 0 Å². The molecule has 0 spiro atoms. The van der Waals surface area contributed by atoms with Crippen LogP contribution in [0.15, 0.2) is 69.6 Å². The van der Waals surface area contributed by atoms with E-state index in [9.17, 15) is 10.2 Å². The minimum Gasteiger partial charge on any atom is -0.508 e. The van der Waals surface area contributed by atoms with Gasteiger partial charge in [-0.25, -0.2) is 0 Å². The lowest BCUT2D eigenvalue weighted by atomic mass is 10.1. The van der Waals surface area contributed by atoms with Gasteiger partial charge < -0.3 is 21.7 Å². The Bertz CT molecular complexity index is 1110. The van der Waals surface area contributed by atoms with Crippen LogP contribution >= 0.6 is 31.9 Å². The molecule has 0 radical (unpaired) electrons. The van der Waals surface area contributed by atoms with Crippen molar-refractivity contribution in [3.05, 3.63) is 69.6 Å².